The van der Waals surface area contributed by atoms with Gasteiger partial charge in [-0.15, -0.1) is 11.3 Å². The van der Waals surface area contributed by atoms with Crippen LogP contribution in [0.3, 0.4) is 0 Å². The lowest BCUT2D eigenvalue weighted by atomic mass is 10.1. The Balaban J connectivity index is 1.85. The standard InChI is InChI=1S/C13H14BrFN2S/c1-9(13-17-4-5-18-13)7-16-8-10-2-3-11(14)6-12(10)15/h2-6,9,16H,7-8H2,1H3. The van der Waals surface area contributed by atoms with E-state index in [2.05, 4.69) is 33.2 Å². The van der Waals surface area contributed by atoms with Gasteiger partial charge in [0.15, 0.2) is 0 Å². The van der Waals surface area contributed by atoms with E-state index in [1.807, 2.05) is 17.6 Å². The Hall–Kier alpha value is -0.780. The molecule has 2 nitrogen and oxygen atoms in total. The predicted octanol–water partition coefficient (Wildman–Crippen LogP) is 3.94. The van der Waals surface area contributed by atoms with Crippen LogP contribution < -0.4 is 5.32 Å². The van der Waals surface area contributed by atoms with Gasteiger partial charge < -0.3 is 5.32 Å². The van der Waals surface area contributed by atoms with E-state index in [4.69, 9.17) is 0 Å². The number of rotatable bonds is 5. The Morgan fingerprint density at radius 2 is 2.33 bits per heavy atom. The Labute approximate surface area is 118 Å². The quantitative estimate of drug-likeness (QED) is 0.899. The number of nitrogens with one attached hydrogen (secondary N) is 1. The molecule has 1 unspecified atom stereocenters. The number of benzene rings is 1. The molecule has 1 aromatic carbocycles. The fraction of sp³-hybridized carbons (Fsp3) is 0.308. The van der Waals surface area contributed by atoms with E-state index in [-0.39, 0.29) is 5.82 Å². The third kappa shape index (κ3) is 3.60. The fourth-order valence-corrected chi connectivity index (χ4v) is 2.69. The van der Waals surface area contributed by atoms with E-state index in [0.29, 0.717) is 18.0 Å². The molecule has 0 aliphatic rings. The summed E-state index contributed by atoms with van der Waals surface area (Å²) >= 11 is 4.90. The zero-order valence-corrected chi connectivity index (χ0v) is 12.4. The molecule has 18 heavy (non-hydrogen) atoms. The summed E-state index contributed by atoms with van der Waals surface area (Å²) in [5.74, 6) is 0.169. The van der Waals surface area contributed by atoms with Crippen LogP contribution in [0.5, 0.6) is 0 Å². The Morgan fingerprint density at radius 3 is 3.00 bits per heavy atom. The van der Waals surface area contributed by atoms with Crippen LogP contribution in [0.25, 0.3) is 0 Å². The first-order valence-electron chi connectivity index (χ1n) is 5.71. The van der Waals surface area contributed by atoms with Crippen LogP contribution in [0.1, 0.15) is 23.4 Å². The number of aromatic nitrogens is 1. The molecule has 0 spiro atoms. The van der Waals surface area contributed by atoms with E-state index in [9.17, 15) is 4.39 Å². The molecule has 0 fully saturated rings. The maximum atomic E-state index is 13.6. The van der Waals surface area contributed by atoms with Gasteiger partial charge in [0.1, 0.15) is 5.82 Å². The van der Waals surface area contributed by atoms with Gasteiger partial charge in [-0.05, 0) is 12.1 Å². The van der Waals surface area contributed by atoms with E-state index in [1.165, 1.54) is 6.07 Å². The second-order valence-electron chi connectivity index (χ2n) is 4.14. The van der Waals surface area contributed by atoms with Crippen molar-refractivity contribution in [3.63, 3.8) is 0 Å². The molecular formula is C13H14BrFN2S. The lowest BCUT2D eigenvalue weighted by Gasteiger charge is -2.10. The minimum Gasteiger partial charge on any atom is -0.312 e. The summed E-state index contributed by atoms with van der Waals surface area (Å²) in [6.45, 7) is 3.45. The summed E-state index contributed by atoms with van der Waals surface area (Å²) in [6.07, 6.45) is 1.81. The third-order valence-electron chi connectivity index (χ3n) is 2.65. The molecule has 1 N–H and O–H groups in total. The van der Waals surface area contributed by atoms with E-state index in [1.54, 1.807) is 17.4 Å². The van der Waals surface area contributed by atoms with Gasteiger partial charge in [0.2, 0.25) is 0 Å². The van der Waals surface area contributed by atoms with Crippen molar-refractivity contribution in [2.45, 2.75) is 19.4 Å². The van der Waals surface area contributed by atoms with Crippen molar-refractivity contribution < 1.29 is 4.39 Å². The third-order valence-corrected chi connectivity index (χ3v) is 4.15. The maximum Gasteiger partial charge on any atom is 0.128 e. The van der Waals surface area contributed by atoms with Crippen molar-refractivity contribution in [1.29, 1.82) is 0 Å². The largest absolute Gasteiger partial charge is 0.312 e. The minimum atomic E-state index is -0.182. The minimum absolute atomic E-state index is 0.182. The smallest absolute Gasteiger partial charge is 0.128 e. The van der Waals surface area contributed by atoms with Gasteiger partial charge in [0.25, 0.3) is 0 Å². The lowest BCUT2D eigenvalue weighted by Crippen LogP contribution is -2.20. The zero-order valence-electron chi connectivity index (χ0n) is 9.99. The van der Waals surface area contributed by atoms with Crippen molar-refractivity contribution in [3.8, 4) is 0 Å². The summed E-state index contributed by atoms with van der Waals surface area (Å²) < 4.78 is 14.3. The van der Waals surface area contributed by atoms with Crippen molar-refractivity contribution in [3.05, 3.63) is 50.6 Å². The molecular weight excluding hydrogens is 315 g/mol. The monoisotopic (exact) mass is 328 g/mol. The van der Waals surface area contributed by atoms with Crippen LogP contribution in [-0.4, -0.2) is 11.5 Å². The molecule has 0 saturated heterocycles. The van der Waals surface area contributed by atoms with Crippen molar-refractivity contribution in [2.75, 3.05) is 6.54 Å². The highest BCUT2D eigenvalue weighted by molar-refractivity contribution is 9.10. The van der Waals surface area contributed by atoms with Gasteiger partial charge in [0.05, 0.1) is 5.01 Å². The summed E-state index contributed by atoms with van der Waals surface area (Å²) in [5.41, 5.74) is 0.685. The molecule has 0 bridgehead atoms. The fourth-order valence-electron chi connectivity index (χ4n) is 1.65. The molecule has 1 aromatic heterocycles. The first-order chi connectivity index (χ1) is 8.66. The molecule has 0 aliphatic carbocycles. The average Bonchev–Trinajstić information content (AvgIpc) is 2.85. The van der Waals surface area contributed by atoms with Gasteiger partial charge in [-0.2, -0.15) is 0 Å². The Bertz CT molecular complexity index is 502. The summed E-state index contributed by atoms with van der Waals surface area (Å²) in [5, 5.41) is 6.34. The van der Waals surface area contributed by atoms with Crippen LogP contribution in [0.4, 0.5) is 4.39 Å². The summed E-state index contributed by atoms with van der Waals surface area (Å²) in [7, 11) is 0. The lowest BCUT2D eigenvalue weighted by molar-refractivity contribution is 0.569. The van der Waals surface area contributed by atoms with Crippen molar-refractivity contribution in [2.24, 2.45) is 0 Å². The van der Waals surface area contributed by atoms with Gasteiger partial charge in [-0.25, -0.2) is 9.37 Å². The average molecular weight is 329 g/mol. The highest BCUT2D eigenvalue weighted by Crippen LogP contribution is 2.17. The van der Waals surface area contributed by atoms with Crippen LogP contribution in [0.2, 0.25) is 0 Å². The van der Waals surface area contributed by atoms with E-state index < -0.39 is 0 Å². The summed E-state index contributed by atoms with van der Waals surface area (Å²) in [4.78, 5) is 4.27. The molecule has 1 heterocycles. The van der Waals surface area contributed by atoms with Crippen molar-refractivity contribution >= 4 is 27.3 Å². The van der Waals surface area contributed by atoms with Crippen molar-refractivity contribution in [1.82, 2.24) is 10.3 Å². The van der Waals surface area contributed by atoms with E-state index in [0.717, 1.165) is 16.0 Å². The Morgan fingerprint density at radius 1 is 1.50 bits per heavy atom. The molecule has 0 amide bonds. The van der Waals surface area contributed by atoms with Gasteiger partial charge in [-0.3, -0.25) is 0 Å². The predicted molar refractivity (Wildman–Crippen MR) is 76.3 cm³/mol. The van der Waals surface area contributed by atoms with Crippen LogP contribution in [-0.2, 0) is 6.54 Å². The zero-order chi connectivity index (χ0) is 13.0. The number of hydrogen-bond acceptors (Lipinski definition) is 3. The maximum absolute atomic E-state index is 13.6. The molecule has 0 saturated carbocycles. The summed E-state index contributed by atoms with van der Waals surface area (Å²) in [6, 6.07) is 5.13. The molecule has 0 aliphatic heterocycles. The first kappa shape index (κ1) is 13.6. The van der Waals surface area contributed by atoms with Gasteiger partial charge in [0, 0.05) is 40.6 Å². The highest BCUT2D eigenvalue weighted by Gasteiger charge is 2.08. The molecule has 1 atom stereocenters. The second-order valence-corrected chi connectivity index (χ2v) is 5.98. The SMILES string of the molecule is CC(CNCc1ccc(Br)cc1F)c1nccs1. The number of thiazole rings is 1. The normalized spacial score (nSPS) is 12.6. The van der Waals surface area contributed by atoms with E-state index >= 15 is 0 Å². The molecule has 2 rings (SSSR count). The number of halogens is 2. The highest BCUT2D eigenvalue weighted by atomic mass is 79.9. The topological polar surface area (TPSA) is 24.9 Å². The molecule has 2 aromatic rings. The number of nitrogens with zero attached hydrogens (tertiary/aromatic N) is 1. The van der Waals surface area contributed by atoms with Crippen LogP contribution >= 0.6 is 27.3 Å². The second kappa shape index (κ2) is 6.41. The van der Waals surface area contributed by atoms with Gasteiger partial charge >= 0.3 is 0 Å². The van der Waals surface area contributed by atoms with Crippen LogP contribution in [0.15, 0.2) is 34.2 Å². The molecule has 0 radical (unpaired) electrons. The first-order valence-corrected chi connectivity index (χ1v) is 7.38. The molecule has 5 heteroatoms. The van der Waals surface area contributed by atoms with Gasteiger partial charge in [-0.1, -0.05) is 28.9 Å². The molecule has 96 valence electrons. The van der Waals surface area contributed by atoms with Crippen LogP contribution in [0, 0.1) is 5.82 Å². The number of hydrogen-bond donors (Lipinski definition) is 1. The Kier molecular flexibility index (Phi) is 4.86.